The van der Waals surface area contributed by atoms with Gasteiger partial charge in [0.15, 0.2) is 29.3 Å². The van der Waals surface area contributed by atoms with Crippen molar-refractivity contribution in [1.82, 2.24) is 0 Å². The van der Waals surface area contributed by atoms with Gasteiger partial charge in [-0.3, -0.25) is 0 Å². The second-order valence-corrected chi connectivity index (χ2v) is 8.68. The zero-order chi connectivity index (χ0) is 27.1. The summed E-state index contributed by atoms with van der Waals surface area (Å²) in [5.41, 5.74) is 1.79. The van der Waals surface area contributed by atoms with E-state index in [-0.39, 0.29) is 42.6 Å². The van der Waals surface area contributed by atoms with E-state index in [0.717, 1.165) is 5.56 Å². The highest BCUT2D eigenvalue weighted by molar-refractivity contribution is 5.60. The van der Waals surface area contributed by atoms with Crippen LogP contribution in [0.1, 0.15) is 22.6 Å². The third-order valence-corrected chi connectivity index (χ3v) is 6.24. The van der Waals surface area contributed by atoms with Crippen LogP contribution in [0.4, 0.5) is 0 Å². The van der Waals surface area contributed by atoms with E-state index in [9.17, 15) is 35.7 Å². The Bertz CT molecular complexity index is 1060. The number of rotatable bonds is 11. The molecule has 0 bridgehead atoms. The number of ether oxygens (including phenoxy) is 4. The Morgan fingerprint density at radius 3 is 2.32 bits per heavy atom. The van der Waals surface area contributed by atoms with Gasteiger partial charge in [0.25, 0.3) is 0 Å². The third-order valence-electron chi connectivity index (χ3n) is 6.24. The van der Waals surface area contributed by atoms with Gasteiger partial charge in [-0.15, -0.1) is 0 Å². The van der Waals surface area contributed by atoms with Crippen LogP contribution in [0.5, 0.6) is 23.0 Å². The quantitative estimate of drug-likeness (QED) is 0.215. The molecule has 0 radical (unpaired) electrons. The van der Waals surface area contributed by atoms with Gasteiger partial charge in [-0.25, -0.2) is 0 Å². The van der Waals surface area contributed by atoms with Crippen molar-refractivity contribution in [1.29, 1.82) is 0 Å². The number of benzene rings is 2. The Morgan fingerprint density at radius 2 is 1.68 bits per heavy atom. The topological polar surface area (TPSA) is 179 Å². The average molecular weight is 523 g/mol. The maximum absolute atomic E-state index is 11.0. The van der Waals surface area contributed by atoms with Crippen molar-refractivity contribution in [2.45, 2.75) is 43.0 Å². The third kappa shape index (κ3) is 6.70. The first-order valence-electron chi connectivity index (χ1n) is 11.7. The highest BCUT2D eigenvalue weighted by Gasteiger charge is 2.44. The Balaban J connectivity index is 1.97. The largest absolute Gasteiger partial charge is 0.504 e. The van der Waals surface area contributed by atoms with Gasteiger partial charge in [-0.1, -0.05) is 18.2 Å². The number of aromatic hydroxyl groups is 2. The van der Waals surface area contributed by atoms with Crippen LogP contribution in [0.3, 0.4) is 0 Å². The molecule has 0 aromatic heterocycles. The van der Waals surface area contributed by atoms with Crippen LogP contribution >= 0.6 is 0 Å². The fourth-order valence-electron chi connectivity index (χ4n) is 4.21. The highest BCUT2D eigenvalue weighted by atomic mass is 16.7. The molecule has 1 aliphatic rings. The van der Waals surface area contributed by atoms with E-state index in [2.05, 4.69) is 0 Å². The summed E-state index contributed by atoms with van der Waals surface area (Å²) in [7, 11) is 2.83. The summed E-state index contributed by atoms with van der Waals surface area (Å²) in [6, 6.07) is 8.10. The molecule has 1 heterocycles. The summed E-state index contributed by atoms with van der Waals surface area (Å²) in [4.78, 5) is 0. The fourth-order valence-corrected chi connectivity index (χ4v) is 4.21. The first kappa shape index (κ1) is 28.7. The van der Waals surface area contributed by atoms with Crippen LogP contribution in [0, 0.1) is 0 Å². The van der Waals surface area contributed by atoms with Gasteiger partial charge in [0.2, 0.25) is 0 Å². The first-order valence-corrected chi connectivity index (χ1v) is 11.7. The van der Waals surface area contributed by atoms with E-state index in [4.69, 9.17) is 18.9 Å². The minimum absolute atomic E-state index is 0.0407. The lowest BCUT2D eigenvalue weighted by Gasteiger charge is -2.40. The maximum Gasteiger partial charge on any atom is 0.186 e. The predicted molar refractivity (Wildman–Crippen MR) is 132 cm³/mol. The van der Waals surface area contributed by atoms with Crippen LogP contribution < -0.4 is 9.47 Å². The molecule has 6 atom stereocenters. The first-order chi connectivity index (χ1) is 17.7. The van der Waals surface area contributed by atoms with Crippen molar-refractivity contribution in [3.8, 4) is 23.0 Å². The van der Waals surface area contributed by atoms with E-state index >= 15 is 0 Å². The van der Waals surface area contributed by atoms with E-state index in [1.165, 1.54) is 26.4 Å². The van der Waals surface area contributed by atoms with E-state index in [1.807, 2.05) is 0 Å². The van der Waals surface area contributed by atoms with Gasteiger partial charge in [0, 0.05) is 11.5 Å². The molecule has 11 heteroatoms. The normalized spacial score (nSPS) is 24.8. The second-order valence-electron chi connectivity index (χ2n) is 8.68. The van der Waals surface area contributed by atoms with E-state index in [1.54, 1.807) is 30.3 Å². The number of hydrogen-bond donors (Lipinski definition) is 7. The number of methoxy groups -OCH3 is 2. The zero-order valence-corrected chi connectivity index (χ0v) is 20.6. The van der Waals surface area contributed by atoms with Gasteiger partial charge in [0.05, 0.1) is 34.0 Å². The Morgan fingerprint density at radius 1 is 0.946 bits per heavy atom. The summed E-state index contributed by atoms with van der Waals surface area (Å²) in [6.45, 7) is -0.913. The molecule has 37 heavy (non-hydrogen) atoms. The van der Waals surface area contributed by atoms with Crippen LogP contribution in [0.2, 0.25) is 0 Å². The molecule has 2 aromatic rings. The minimum Gasteiger partial charge on any atom is -0.504 e. The summed E-state index contributed by atoms with van der Waals surface area (Å²) in [6.07, 6.45) is -3.76. The van der Waals surface area contributed by atoms with Crippen molar-refractivity contribution in [3.63, 3.8) is 0 Å². The maximum atomic E-state index is 11.0. The number of phenols is 2. The molecule has 204 valence electrons. The van der Waals surface area contributed by atoms with Crippen LogP contribution in [0.25, 0.3) is 6.08 Å². The van der Waals surface area contributed by atoms with Crippen LogP contribution in [0.15, 0.2) is 36.4 Å². The van der Waals surface area contributed by atoms with Crippen molar-refractivity contribution in [2.24, 2.45) is 0 Å². The van der Waals surface area contributed by atoms with Crippen molar-refractivity contribution in [3.05, 3.63) is 53.1 Å². The molecular weight excluding hydrogens is 488 g/mol. The molecule has 0 spiro atoms. The SMILES string of the molecule is COc1cc(C[C@H](CO[C@H]2O[C@@H](CO)[C@@H](O)[C@@H](O)[C@@H]2O)c2cc(C=CCO)cc(OC)c2O)ccc1O. The molecule has 7 N–H and O–H groups in total. The number of hydrogen-bond acceptors (Lipinski definition) is 11. The number of aliphatic hydroxyl groups excluding tert-OH is 5. The molecule has 0 aliphatic carbocycles. The predicted octanol–water partition coefficient (Wildman–Crippen LogP) is 0.263. The zero-order valence-electron chi connectivity index (χ0n) is 20.6. The van der Waals surface area contributed by atoms with E-state index in [0.29, 0.717) is 11.1 Å². The van der Waals surface area contributed by atoms with Crippen molar-refractivity contribution in [2.75, 3.05) is 34.0 Å². The van der Waals surface area contributed by atoms with Gasteiger partial charge < -0.3 is 54.7 Å². The van der Waals surface area contributed by atoms with Crippen LogP contribution in [-0.2, 0) is 15.9 Å². The number of phenolic OH excluding ortho intramolecular Hbond substituents is 2. The summed E-state index contributed by atoms with van der Waals surface area (Å²) >= 11 is 0. The van der Waals surface area contributed by atoms with Gasteiger partial charge >= 0.3 is 0 Å². The molecule has 0 amide bonds. The lowest BCUT2D eigenvalue weighted by Crippen LogP contribution is -2.59. The molecule has 3 rings (SSSR count). The molecule has 0 unspecified atom stereocenters. The average Bonchev–Trinajstić information content (AvgIpc) is 2.90. The summed E-state index contributed by atoms with van der Waals surface area (Å²) < 4.78 is 21.8. The standard InChI is InChI=1S/C26H34O11/c1-34-19-10-15(5-6-18(19)29)8-16(13-36-26-25(33)24(32)23(31)21(12-28)37-26)17-9-14(4-3-7-27)11-20(35-2)22(17)30/h3-6,9-11,16,21,23-33H,7-8,12-13H2,1-2H3/t16-,21+,23-,24-,25+,26+/m1/s1. The Hall–Kier alpha value is -2.90. The number of aliphatic hydroxyl groups is 5. The lowest BCUT2D eigenvalue weighted by molar-refractivity contribution is -0.301. The van der Waals surface area contributed by atoms with E-state index < -0.39 is 43.2 Å². The van der Waals surface area contributed by atoms with Crippen molar-refractivity contribution >= 4 is 6.08 Å². The highest BCUT2D eigenvalue weighted by Crippen LogP contribution is 2.39. The molecule has 1 aliphatic heterocycles. The molecular formula is C26H34O11. The fraction of sp³-hybridized carbons (Fsp3) is 0.462. The minimum atomic E-state index is -1.60. The Labute approximate surface area is 214 Å². The smallest absolute Gasteiger partial charge is 0.186 e. The molecule has 0 saturated carbocycles. The second kappa shape index (κ2) is 13.1. The van der Waals surface area contributed by atoms with Gasteiger partial charge in [-0.2, -0.15) is 0 Å². The molecule has 1 saturated heterocycles. The lowest BCUT2D eigenvalue weighted by atomic mass is 9.90. The summed E-state index contributed by atoms with van der Waals surface area (Å²) in [5, 5.41) is 70.1. The molecule has 1 fully saturated rings. The van der Waals surface area contributed by atoms with Gasteiger partial charge in [-0.05, 0) is 41.8 Å². The Kier molecular flexibility index (Phi) is 10.1. The van der Waals surface area contributed by atoms with Crippen molar-refractivity contribution < 1.29 is 54.7 Å². The molecule has 2 aromatic carbocycles. The van der Waals surface area contributed by atoms with Gasteiger partial charge in [0.1, 0.15) is 24.4 Å². The van der Waals surface area contributed by atoms with Crippen LogP contribution in [-0.4, -0.2) is 100 Å². The monoisotopic (exact) mass is 522 g/mol. The summed E-state index contributed by atoms with van der Waals surface area (Å²) in [5.74, 6) is -0.306. The molecule has 11 nitrogen and oxygen atoms in total.